The van der Waals surface area contributed by atoms with E-state index in [1.807, 2.05) is 48.5 Å². The zero-order valence-electron chi connectivity index (χ0n) is 23.1. The third kappa shape index (κ3) is 6.30. The summed E-state index contributed by atoms with van der Waals surface area (Å²) in [6.45, 7) is 0.452. The summed E-state index contributed by atoms with van der Waals surface area (Å²) in [5.74, 6) is 1.22. The van der Waals surface area contributed by atoms with Gasteiger partial charge in [-0.15, -0.1) is 0 Å². The van der Waals surface area contributed by atoms with E-state index < -0.39 is 16.3 Å². The summed E-state index contributed by atoms with van der Waals surface area (Å²) in [6, 6.07) is 24.9. The normalized spacial score (nSPS) is 15.9. The second-order valence-electron chi connectivity index (χ2n) is 9.82. The van der Waals surface area contributed by atoms with Crippen LogP contribution in [0.1, 0.15) is 28.2 Å². The number of nitrogens with one attached hydrogen (secondary N) is 3. The molecule has 4 aromatic carbocycles. The molecule has 5 rings (SSSR count). The summed E-state index contributed by atoms with van der Waals surface area (Å²) < 4.78 is 46.3. The van der Waals surface area contributed by atoms with Crippen molar-refractivity contribution in [3.63, 3.8) is 0 Å². The van der Waals surface area contributed by atoms with E-state index in [1.165, 1.54) is 18.2 Å². The van der Waals surface area contributed by atoms with Gasteiger partial charge in [-0.2, -0.15) is 0 Å². The van der Waals surface area contributed by atoms with Crippen LogP contribution >= 0.6 is 11.6 Å². The summed E-state index contributed by atoms with van der Waals surface area (Å²) in [7, 11) is -0.795. The molecule has 218 valence electrons. The Kier molecular flexibility index (Phi) is 8.58. The number of ether oxygens (including phenoxy) is 3. The van der Waals surface area contributed by atoms with E-state index in [1.54, 1.807) is 32.4 Å². The van der Waals surface area contributed by atoms with Crippen LogP contribution in [-0.4, -0.2) is 34.7 Å². The van der Waals surface area contributed by atoms with Gasteiger partial charge in [0, 0.05) is 23.0 Å². The van der Waals surface area contributed by atoms with Crippen LogP contribution in [-0.2, 0) is 23.0 Å². The molecule has 0 aliphatic carbocycles. The van der Waals surface area contributed by atoms with Crippen LogP contribution in [0.2, 0.25) is 5.02 Å². The second kappa shape index (κ2) is 12.3. The van der Waals surface area contributed by atoms with Gasteiger partial charge in [-0.05, 0) is 60.0 Å². The average Bonchev–Trinajstić information content (AvgIpc) is 3.32. The Morgan fingerprint density at radius 1 is 0.952 bits per heavy atom. The Hall–Kier alpha value is -4.25. The van der Waals surface area contributed by atoms with Crippen LogP contribution in [0, 0.1) is 5.41 Å². The summed E-state index contributed by atoms with van der Waals surface area (Å²) in [5, 5.41) is 12.0. The van der Waals surface area contributed by atoms with E-state index in [-0.39, 0.29) is 22.3 Å². The SMILES string of the molecule is COc1ccc(CNC2Oc3c(C(=N)N)cc(NS(=O)(=O)c4cccc(Cl)c4)cc3C2Cc2ccccc2)cc1OC. The molecule has 0 spiro atoms. The quantitative estimate of drug-likeness (QED) is 0.135. The van der Waals surface area contributed by atoms with E-state index >= 15 is 0 Å². The number of halogens is 1. The summed E-state index contributed by atoms with van der Waals surface area (Å²) >= 11 is 6.04. The first kappa shape index (κ1) is 29.2. The highest BCUT2D eigenvalue weighted by Gasteiger charge is 2.37. The van der Waals surface area contributed by atoms with Crippen LogP contribution in [0.4, 0.5) is 5.69 Å². The van der Waals surface area contributed by atoms with Gasteiger partial charge in [-0.3, -0.25) is 15.4 Å². The Balaban J connectivity index is 1.50. The molecule has 2 unspecified atom stereocenters. The Labute approximate surface area is 250 Å². The Bertz CT molecular complexity index is 1720. The molecule has 1 heterocycles. The standard InChI is InChI=1S/C31H31ClN4O5S/c1-39-27-12-11-20(14-28(27)40-2)18-35-31-25(13-19-7-4-3-5-8-19)24-16-22(17-26(30(33)34)29(24)41-31)36-42(37,38)23-10-6-9-21(32)15-23/h3-12,14-17,25,31,35-36H,13,18H2,1-2H3,(H3,33,34). The van der Waals surface area contributed by atoms with E-state index in [4.69, 9.17) is 37.0 Å². The van der Waals surface area contributed by atoms with Gasteiger partial charge in [0.2, 0.25) is 0 Å². The maximum Gasteiger partial charge on any atom is 0.261 e. The molecular weight excluding hydrogens is 576 g/mol. The van der Waals surface area contributed by atoms with Crippen LogP contribution < -0.4 is 30.0 Å². The summed E-state index contributed by atoms with van der Waals surface area (Å²) in [6.07, 6.45) is 0.102. The van der Waals surface area contributed by atoms with Crippen LogP contribution in [0.15, 0.2) is 89.8 Å². The minimum atomic E-state index is -3.97. The summed E-state index contributed by atoms with van der Waals surface area (Å²) in [5.41, 5.74) is 9.30. The highest BCUT2D eigenvalue weighted by molar-refractivity contribution is 7.92. The number of methoxy groups -OCH3 is 2. The average molecular weight is 607 g/mol. The lowest BCUT2D eigenvalue weighted by Crippen LogP contribution is -2.36. The van der Waals surface area contributed by atoms with Crippen molar-refractivity contribution in [2.24, 2.45) is 5.73 Å². The van der Waals surface area contributed by atoms with Gasteiger partial charge in [0.1, 0.15) is 11.6 Å². The van der Waals surface area contributed by atoms with Gasteiger partial charge in [-0.1, -0.05) is 54.1 Å². The second-order valence-corrected chi connectivity index (χ2v) is 11.9. The monoisotopic (exact) mass is 606 g/mol. The minimum Gasteiger partial charge on any atom is -0.493 e. The van der Waals surface area contributed by atoms with Crippen molar-refractivity contribution in [3.8, 4) is 17.2 Å². The third-order valence-electron chi connectivity index (χ3n) is 7.03. The first-order chi connectivity index (χ1) is 20.2. The number of fused-ring (bicyclic) bond motifs is 1. The lowest BCUT2D eigenvalue weighted by Gasteiger charge is -2.21. The molecule has 0 saturated carbocycles. The number of rotatable bonds is 11. The molecule has 42 heavy (non-hydrogen) atoms. The van der Waals surface area contributed by atoms with Crippen molar-refractivity contribution in [3.05, 3.63) is 112 Å². The van der Waals surface area contributed by atoms with Gasteiger partial charge in [-0.25, -0.2) is 8.42 Å². The molecule has 0 amide bonds. The molecule has 1 aliphatic heterocycles. The molecule has 1 aliphatic rings. The van der Waals surface area contributed by atoms with Crippen molar-refractivity contribution in [1.29, 1.82) is 5.41 Å². The fourth-order valence-electron chi connectivity index (χ4n) is 5.02. The lowest BCUT2D eigenvalue weighted by molar-refractivity contribution is 0.162. The molecular formula is C31H31ClN4O5S. The fourth-order valence-corrected chi connectivity index (χ4v) is 6.36. The smallest absolute Gasteiger partial charge is 0.261 e. The van der Waals surface area contributed by atoms with Crippen molar-refractivity contribution >= 4 is 33.1 Å². The minimum absolute atomic E-state index is 0.0198. The van der Waals surface area contributed by atoms with Gasteiger partial charge in [0.05, 0.1) is 30.4 Å². The first-order valence-corrected chi connectivity index (χ1v) is 15.0. The maximum absolute atomic E-state index is 13.2. The highest BCUT2D eigenvalue weighted by Crippen LogP contribution is 2.44. The number of hydrogen-bond acceptors (Lipinski definition) is 7. The Morgan fingerprint density at radius 3 is 2.40 bits per heavy atom. The van der Waals surface area contributed by atoms with Gasteiger partial charge in [0.25, 0.3) is 10.0 Å². The molecule has 0 bridgehead atoms. The molecule has 5 N–H and O–H groups in total. The molecule has 0 saturated heterocycles. The maximum atomic E-state index is 13.2. The van der Waals surface area contributed by atoms with Gasteiger partial charge in [0.15, 0.2) is 17.7 Å². The van der Waals surface area contributed by atoms with E-state index in [2.05, 4.69) is 10.0 Å². The van der Waals surface area contributed by atoms with E-state index in [0.29, 0.717) is 40.8 Å². The molecule has 2 atom stereocenters. The molecule has 0 radical (unpaired) electrons. The van der Waals surface area contributed by atoms with Gasteiger partial charge >= 0.3 is 0 Å². The first-order valence-electron chi connectivity index (χ1n) is 13.1. The van der Waals surface area contributed by atoms with Crippen molar-refractivity contribution < 1.29 is 22.6 Å². The molecule has 11 heteroatoms. The topological polar surface area (TPSA) is 136 Å². The van der Waals surface area contributed by atoms with Crippen LogP contribution in [0.3, 0.4) is 0 Å². The zero-order valence-corrected chi connectivity index (χ0v) is 24.6. The number of benzene rings is 4. The molecule has 4 aromatic rings. The van der Waals surface area contributed by atoms with E-state index in [0.717, 1.165) is 16.7 Å². The molecule has 9 nitrogen and oxygen atoms in total. The van der Waals surface area contributed by atoms with Crippen LogP contribution in [0.25, 0.3) is 0 Å². The largest absolute Gasteiger partial charge is 0.493 e. The zero-order chi connectivity index (χ0) is 29.9. The number of anilines is 1. The summed E-state index contributed by atoms with van der Waals surface area (Å²) in [4.78, 5) is 0.0198. The van der Waals surface area contributed by atoms with Crippen LogP contribution in [0.5, 0.6) is 17.2 Å². The fraction of sp³-hybridized carbons (Fsp3) is 0.194. The molecule has 0 fully saturated rings. The number of sulfonamides is 1. The van der Waals surface area contributed by atoms with E-state index in [9.17, 15) is 8.42 Å². The number of amidine groups is 1. The number of nitrogen functional groups attached to an aromatic ring is 1. The van der Waals surface area contributed by atoms with Crippen molar-refractivity contribution in [2.75, 3.05) is 18.9 Å². The molecule has 0 aromatic heterocycles. The number of nitrogens with two attached hydrogens (primary N) is 1. The predicted octanol–water partition coefficient (Wildman–Crippen LogP) is 5.28. The number of hydrogen-bond donors (Lipinski definition) is 4. The van der Waals surface area contributed by atoms with Gasteiger partial charge < -0.3 is 19.9 Å². The highest BCUT2D eigenvalue weighted by atomic mass is 35.5. The van der Waals surface area contributed by atoms with Crippen molar-refractivity contribution in [1.82, 2.24) is 5.32 Å². The Morgan fingerprint density at radius 2 is 1.71 bits per heavy atom. The third-order valence-corrected chi connectivity index (χ3v) is 8.64. The van der Waals surface area contributed by atoms with Crippen molar-refractivity contribution in [2.45, 2.75) is 30.0 Å². The predicted molar refractivity (Wildman–Crippen MR) is 163 cm³/mol. The lowest BCUT2D eigenvalue weighted by atomic mass is 9.90.